The molecule has 0 aromatic rings. The molecule has 0 saturated heterocycles. The number of hydrogen-bond donors (Lipinski definition) is 0. The van der Waals surface area contributed by atoms with E-state index < -0.39 is 0 Å². The predicted molar refractivity (Wildman–Crippen MR) is 192 cm³/mol. The highest BCUT2D eigenvalue weighted by molar-refractivity contribution is 4.98. The van der Waals surface area contributed by atoms with Gasteiger partial charge in [-0.3, -0.25) is 0 Å². The first-order valence-electron chi connectivity index (χ1n) is 18.7. The number of unbranched alkanes of at least 4 members (excludes halogenated alkanes) is 1. The molecular weight excluding hydrogens is 508 g/mol. The third kappa shape index (κ3) is 27.0. The average molecular weight is 589 g/mol. The summed E-state index contributed by atoms with van der Waals surface area (Å²) in [5.41, 5.74) is 3.05. The van der Waals surface area contributed by atoms with Crippen LogP contribution in [0.15, 0.2) is 23.3 Å². The Hall–Kier alpha value is -0.560. The molecule has 42 heavy (non-hydrogen) atoms. The van der Waals surface area contributed by atoms with E-state index in [1.54, 1.807) is 5.57 Å². The van der Waals surface area contributed by atoms with Crippen LogP contribution in [0.2, 0.25) is 0 Å². The molecule has 0 fully saturated rings. The van der Waals surface area contributed by atoms with E-state index in [2.05, 4.69) is 81.4 Å². The van der Waals surface area contributed by atoms with Gasteiger partial charge >= 0.3 is 0 Å². The summed E-state index contributed by atoms with van der Waals surface area (Å²) < 4.78 is 5.55. The second-order valence-electron chi connectivity index (χ2n) is 15.9. The smallest absolute Gasteiger partial charge is 0.0622 e. The lowest BCUT2D eigenvalue weighted by Crippen LogP contribution is -2.21. The topological polar surface area (TPSA) is 9.23 Å². The summed E-state index contributed by atoms with van der Waals surface area (Å²) in [4.78, 5) is 0. The van der Waals surface area contributed by atoms with Crippen molar-refractivity contribution in [3.05, 3.63) is 23.3 Å². The Balaban J connectivity index is 3.74. The zero-order valence-corrected chi connectivity index (χ0v) is 31.1. The van der Waals surface area contributed by atoms with E-state index in [1.165, 1.54) is 128 Å². The van der Waals surface area contributed by atoms with Crippen molar-refractivity contribution < 1.29 is 4.74 Å². The molecule has 0 heterocycles. The van der Waals surface area contributed by atoms with Gasteiger partial charge in [0.15, 0.2) is 0 Å². The highest BCUT2D eigenvalue weighted by Gasteiger charge is 2.15. The van der Waals surface area contributed by atoms with Gasteiger partial charge in [-0.25, -0.2) is 0 Å². The summed E-state index contributed by atoms with van der Waals surface area (Å²) in [6, 6.07) is 0. The van der Waals surface area contributed by atoms with Crippen molar-refractivity contribution in [1.29, 1.82) is 0 Å². The lowest BCUT2D eigenvalue weighted by atomic mass is 9.90. The van der Waals surface area contributed by atoms with Gasteiger partial charge in [0, 0.05) is 7.11 Å². The number of methoxy groups -OCH3 is 1. The summed E-state index contributed by atoms with van der Waals surface area (Å²) in [7, 11) is 1.83. The van der Waals surface area contributed by atoms with Crippen molar-refractivity contribution in [2.45, 2.75) is 203 Å². The first-order chi connectivity index (χ1) is 19.8. The van der Waals surface area contributed by atoms with Gasteiger partial charge in [0.25, 0.3) is 0 Å². The minimum absolute atomic E-state index is 0.0207. The fourth-order valence-electron chi connectivity index (χ4n) is 6.42. The molecule has 0 rings (SSSR count). The van der Waals surface area contributed by atoms with Crippen molar-refractivity contribution in [2.24, 2.45) is 29.6 Å². The fourth-order valence-corrected chi connectivity index (χ4v) is 6.42. The van der Waals surface area contributed by atoms with E-state index in [-0.39, 0.29) is 5.60 Å². The minimum Gasteiger partial charge on any atom is -0.379 e. The third-order valence-corrected chi connectivity index (χ3v) is 10.1. The molecule has 0 aliphatic heterocycles. The summed E-state index contributed by atoms with van der Waals surface area (Å²) in [5, 5.41) is 0. The monoisotopic (exact) mass is 589 g/mol. The molecule has 4 unspecified atom stereocenters. The van der Waals surface area contributed by atoms with Gasteiger partial charge in [-0.1, -0.05) is 141 Å². The molecule has 0 aromatic carbocycles. The Morgan fingerprint density at radius 3 is 1.26 bits per heavy atom. The molecule has 0 aromatic heterocycles. The Bertz CT molecular complexity index is 666. The second-order valence-corrected chi connectivity index (χ2v) is 15.9. The van der Waals surface area contributed by atoms with Crippen LogP contribution >= 0.6 is 0 Å². The van der Waals surface area contributed by atoms with E-state index in [1.807, 2.05) is 7.11 Å². The van der Waals surface area contributed by atoms with Crippen LogP contribution in [-0.4, -0.2) is 12.7 Å². The van der Waals surface area contributed by atoms with Crippen LogP contribution in [0.5, 0.6) is 0 Å². The summed E-state index contributed by atoms with van der Waals surface area (Å²) in [5.74, 6) is 4.48. The van der Waals surface area contributed by atoms with Crippen molar-refractivity contribution in [1.82, 2.24) is 0 Å². The Kier molecular flexibility index (Phi) is 25.4. The average Bonchev–Trinajstić information content (AvgIpc) is 2.91. The Morgan fingerprint density at radius 1 is 0.524 bits per heavy atom. The van der Waals surface area contributed by atoms with Gasteiger partial charge < -0.3 is 4.74 Å². The molecule has 0 saturated carbocycles. The summed E-state index contributed by atoms with van der Waals surface area (Å²) >= 11 is 0. The van der Waals surface area contributed by atoms with Crippen molar-refractivity contribution in [3.63, 3.8) is 0 Å². The van der Waals surface area contributed by atoms with E-state index in [0.29, 0.717) is 0 Å². The zero-order chi connectivity index (χ0) is 31.8. The van der Waals surface area contributed by atoms with E-state index >= 15 is 0 Å². The molecule has 5 atom stereocenters. The highest BCUT2D eigenvalue weighted by atomic mass is 16.5. The maximum Gasteiger partial charge on any atom is 0.0622 e. The van der Waals surface area contributed by atoms with Crippen LogP contribution < -0.4 is 0 Å². The quantitative estimate of drug-likeness (QED) is 0.0652. The van der Waals surface area contributed by atoms with Gasteiger partial charge in [-0.2, -0.15) is 0 Å². The number of hydrogen-bond acceptors (Lipinski definition) is 1. The van der Waals surface area contributed by atoms with Gasteiger partial charge in [-0.15, -0.1) is 0 Å². The molecule has 0 bridgehead atoms. The van der Waals surface area contributed by atoms with Crippen molar-refractivity contribution in [2.75, 3.05) is 7.11 Å². The Morgan fingerprint density at radius 2 is 0.881 bits per heavy atom. The summed E-state index contributed by atoms with van der Waals surface area (Å²) in [6.45, 7) is 23.5. The number of ether oxygens (including phenoxy) is 1. The first kappa shape index (κ1) is 41.4. The molecule has 250 valence electrons. The molecule has 1 nitrogen and oxygen atoms in total. The molecule has 0 amide bonds. The van der Waals surface area contributed by atoms with Gasteiger partial charge in [0.2, 0.25) is 0 Å². The van der Waals surface area contributed by atoms with Crippen molar-refractivity contribution in [3.8, 4) is 0 Å². The van der Waals surface area contributed by atoms with Gasteiger partial charge in [0.05, 0.1) is 5.60 Å². The van der Waals surface area contributed by atoms with E-state index in [0.717, 1.165) is 36.0 Å². The zero-order valence-electron chi connectivity index (χ0n) is 31.1. The molecule has 0 spiro atoms. The van der Waals surface area contributed by atoms with Crippen LogP contribution in [0.25, 0.3) is 0 Å². The largest absolute Gasteiger partial charge is 0.379 e. The molecule has 0 radical (unpaired) electrons. The number of rotatable bonds is 28. The first-order valence-corrected chi connectivity index (χ1v) is 18.7. The van der Waals surface area contributed by atoms with Crippen LogP contribution in [-0.2, 0) is 4.74 Å². The molecule has 0 N–H and O–H groups in total. The molecule has 0 aliphatic carbocycles. The molecular formula is C41H80O. The van der Waals surface area contributed by atoms with Gasteiger partial charge in [0.1, 0.15) is 0 Å². The Labute approximate surface area is 267 Å². The van der Waals surface area contributed by atoms with E-state index in [4.69, 9.17) is 4.74 Å². The maximum absolute atomic E-state index is 5.55. The van der Waals surface area contributed by atoms with Crippen LogP contribution in [0.1, 0.15) is 198 Å². The standard InChI is InChI=1S/C41H80O/c1-34(2)20-14-23-37(5)26-17-29-38(6)27-15-24-35(3)21-12-13-22-36(4)25-16-28-39(7)30-18-31-40(8)32-19-33-41(9,10)42-11/h20,31,35-39H,12-19,21-30,32-33H2,1-11H3/b40-31+/t35?,36?,37-,38?,39?/m0/s1. The number of allylic oxidation sites excluding steroid dienone is 4. The van der Waals surface area contributed by atoms with Crippen molar-refractivity contribution >= 4 is 0 Å². The molecule has 1 heteroatoms. The lowest BCUT2D eigenvalue weighted by Gasteiger charge is -2.22. The maximum atomic E-state index is 5.55. The second kappa shape index (κ2) is 25.7. The van der Waals surface area contributed by atoms with Crippen LogP contribution in [0.4, 0.5) is 0 Å². The lowest BCUT2D eigenvalue weighted by molar-refractivity contribution is 0.0140. The minimum atomic E-state index is 0.0207. The normalized spacial score (nSPS) is 16.2. The van der Waals surface area contributed by atoms with Crippen LogP contribution in [0.3, 0.4) is 0 Å². The highest BCUT2D eigenvalue weighted by Crippen LogP contribution is 2.25. The van der Waals surface area contributed by atoms with E-state index in [9.17, 15) is 0 Å². The summed E-state index contributed by atoms with van der Waals surface area (Å²) in [6.07, 6.45) is 32.3. The predicted octanol–water partition coefficient (Wildman–Crippen LogP) is 14.3. The fraction of sp³-hybridized carbons (Fsp3) is 0.902. The SMILES string of the molecule is COC(C)(C)CCC/C(C)=C/CCC(C)CCCC(C)CCCCC(C)CCCC(C)CCC[C@@H](C)CCC=C(C)C. The van der Waals surface area contributed by atoms with Crippen LogP contribution in [0, 0.1) is 29.6 Å². The molecule has 0 aliphatic rings. The third-order valence-electron chi connectivity index (χ3n) is 10.1. The van der Waals surface area contributed by atoms with Gasteiger partial charge in [-0.05, 0) is 109 Å².